The zero-order chi connectivity index (χ0) is 22.8. The van der Waals surface area contributed by atoms with Crippen molar-refractivity contribution in [2.75, 3.05) is 6.54 Å². The molecule has 8 nitrogen and oxygen atoms in total. The Balaban J connectivity index is 1.93. The predicted octanol–water partition coefficient (Wildman–Crippen LogP) is 2.39. The molecule has 1 fully saturated rings. The largest absolute Gasteiger partial charge is 0.460 e. The van der Waals surface area contributed by atoms with Crippen molar-refractivity contribution in [2.24, 2.45) is 5.73 Å². The van der Waals surface area contributed by atoms with Crippen molar-refractivity contribution < 1.29 is 19.1 Å². The van der Waals surface area contributed by atoms with Crippen LogP contribution in [0.15, 0.2) is 42.6 Å². The number of nitrogens with one attached hydrogen (secondary N) is 1. The van der Waals surface area contributed by atoms with Crippen LogP contribution >= 0.6 is 0 Å². The Morgan fingerprint density at radius 1 is 1.26 bits per heavy atom. The predicted molar refractivity (Wildman–Crippen MR) is 115 cm³/mol. The normalized spacial score (nSPS) is 18.7. The van der Waals surface area contributed by atoms with E-state index in [1.54, 1.807) is 45.0 Å². The van der Waals surface area contributed by atoms with Gasteiger partial charge in [0.15, 0.2) is 0 Å². The molecule has 2 aromatic rings. The zero-order valence-corrected chi connectivity index (χ0v) is 17.8. The van der Waals surface area contributed by atoms with Gasteiger partial charge in [-0.15, -0.1) is 0 Å². The first kappa shape index (κ1) is 22.1. The minimum Gasteiger partial charge on any atom is -0.460 e. The lowest BCUT2D eigenvalue weighted by Crippen LogP contribution is -2.40. The minimum absolute atomic E-state index is 0.0574. The molecule has 0 saturated carbocycles. The quantitative estimate of drug-likeness (QED) is 0.319. The topological polar surface area (TPSA) is 126 Å². The molecular formula is C23H26N4O4. The minimum atomic E-state index is -1.15. The Labute approximate surface area is 180 Å². The van der Waals surface area contributed by atoms with Crippen LogP contribution < -0.4 is 5.73 Å². The lowest BCUT2D eigenvalue weighted by Gasteiger charge is -2.29. The smallest absolute Gasteiger partial charge is 0.307 e. The van der Waals surface area contributed by atoms with Crippen LogP contribution in [0.4, 0.5) is 0 Å². The first-order valence-electron chi connectivity index (χ1n) is 9.95. The maximum absolute atomic E-state index is 13.1. The summed E-state index contributed by atoms with van der Waals surface area (Å²) in [5.41, 5.74) is 6.32. The van der Waals surface area contributed by atoms with E-state index in [4.69, 9.17) is 15.9 Å². The average Bonchev–Trinajstić information content (AvgIpc) is 3.03. The van der Waals surface area contributed by atoms with E-state index < -0.39 is 22.9 Å². The van der Waals surface area contributed by atoms with Gasteiger partial charge >= 0.3 is 5.97 Å². The molecule has 0 radical (unpaired) electrons. The molecule has 162 valence electrons. The molecule has 0 bridgehead atoms. The Morgan fingerprint density at radius 3 is 2.42 bits per heavy atom. The maximum Gasteiger partial charge on any atom is 0.307 e. The van der Waals surface area contributed by atoms with Crippen molar-refractivity contribution in [1.29, 1.82) is 5.41 Å². The molecule has 1 unspecified atom stereocenters. The summed E-state index contributed by atoms with van der Waals surface area (Å²) in [6.45, 7) is 5.56. The fraction of sp³-hybridized carbons (Fsp3) is 0.348. The molecule has 1 aliphatic rings. The van der Waals surface area contributed by atoms with E-state index in [9.17, 15) is 14.4 Å². The first-order valence-corrected chi connectivity index (χ1v) is 9.95. The van der Waals surface area contributed by atoms with E-state index in [1.165, 1.54) is 6.20 Å². The Bertz CT molecular complexity index is 1010. The summed E-state index contributed by atoms with van der Waals surface area (Å²) < 4.78 is 5.45. The van der Waals surface area contributed by atoms with E-state index in [-0.39, 0.29) is 18.8 Å². The molecular weight excluding hydrogens is 396 g/mol. The molecule has 2 heterocycles. The van der Waals surface area contributed by atoms with E-state index in [2.05, 4.69) is 4.98 Å². The van der Waals surface area contributed by atoms with Gasteiger partial charge < -0.3 is 10.5 Å². The molecule has 1 aromatic heterocycles. The molecule has 1 aliphatic heterocycles. The number of hydrogen-bond donors (Lipinski definition) is 2. The van der Waals surface area contributed by atoms with Gasteiger partial charge in [0.05, 0.1) is 17.5 Å². The summed E-state index contributed by atoms with van der Waals surface area (Å²) >= 11 is 0. The summed E-state index contributed by atoms with van der Waals surface area (Å²) in [6.07, 6.45) is 2.24. The summed E-state index contributed by atoms with van der Waals surface area (Å²) in [5, 5.41) is 7.46. The van der Waals surface area contributed by atoms with Gasteiger partial charge in [-0.25, -0.2) is 0 Å². The highest BCUT2D eigenvalue weighted by atomic mass is 16.6. The molecule has 8 heteroatoms. The van der Waals surface area contributed by atoms with Gasteiger partial charge in [0.25, 0.3) is 0 Å². The third-order valence-corrected chi connectivity index (χ3v) is 5.25. The van der Waals surface area contributed by atoms with Crippen molar-refractivity contribution in [3.8, 4) is 11.3 Å². The number of aromatic nitrogens is 1. The van der Waals surface area contributed by atoms with Gasteiger partial charge in [0.2, 0.25) is 12.3 Å². The maximum atomic E-state index is 13.1. The van der Waals surface area contributed by atoms with E-state index in [1.807, 2.05) is 12.1 Å². The monoisotopic (exact) mass is 422 g/mol. The number of likely N-dealkylation sites (tertiary alicyclic amines) is 1. The molecule has 0 aliphatic carbocycles. The van der Waals surface area contributed by atoms with Crippen LogP contribution in [-0.2, 0) is 24.5 Å². The van der Waals surface area contributed by atoms with Gasteiger partial charge in [-0.3, -0.25) is 29.7 Å². The number of carbonyl (C=O) groups is 3. The number of ether oxygens (including phenoxy) is 1. The summed E-state index contributed by atoms with van der Waals surface area (Å²) in [4.78, 5) is 42.4. The molecule has 2 amide bonds. The molecule has 1 aromatic carbocycles. The SMILES string of the molecule is CC(C)(C)OC(=O)CC1(c2ccc(-c3ccc(C(=N)N)cn3)cc2)CCN(C=O)C1=O. The fourth-order valence-electron chi connectivity index (χ4n) is 3.74. The van der Waals surface area contributed by atoms with Crippen LogP contribution in [0.2, 0.25) is 0 Å². The van der Waals surface area contributed by atoms with E-state index in [0.29, 0.717) is 29.7 Å². The number of amides is 2. The number of nitrogen functional groups attached to an aromatic ring is 1. The van der Waals surface area contributed by atoms with Crippen LogP contribution in [0, 0.1) is 5.41 Å². The summed E-state index contributed by atoms with van der Waals surface area (Å²) in [5.74, 6) is -0.942. The highest BCUT2D eigenvalue weighted by molar-refractivity contribution is 5.99. The van der Waals surface area contributed by atoms with Crippen molar-refractivity contribution in [2.45, 2.75) is 44.6 Å². The van der Waals surface area contributed by atoms with E-state index >= 15 is 0 Å². The molecule has 1 atom stereocenters. The fourth-order valence-corrected chi connectivity index (χ4v) is 3.74. The average molecular weight is 422 g/mol. The van der Waals surface area contributed by atoms with Gasteiger partial charge in [-0.2, -0.15) is 0 Å². The summed E-state index contributed by atoms with van der Waals surface area (Å²) in [7, 11) is 0. The van der Waals surface area contributed by atoms with Crippen molar-refractivity contribution in [3.63, 3.8) is 0 Å². The van der Waals surface area contributed by atoms with Crippen LogP contribution in [0.1, 0.15) is 44.7 Å². The lowest BCUT2D eigenvalue weighted by molar-refractivity contribution is -0.158. The number of amidine groups is 1. The number of hydrogen-bond acceptors (Lipinski definition) is 6. The van der Waals surface area contributed by atoms with Gasteiger partial charge in [0.1, 0.15) is 11.4 Å². The number of rotatable bonds is 6. The van der Waals surface area contributed by atoms with Gasteiger partial charge in [-0.1, -0.05) is 24.3 Å². The van der Waals surface area contributed by atoms with Crippen molar-refractivity contribution in [3.05, 3.63) is 53.7 Å². The molecule has 3 N–H and O–H groups in total. The third-order valence-electron chi connectivity index (χ3n) is 5.25. The zero-order valence-electron chi connectivity index (χ0n) is 17.8. The molecule has 31 heavy (non-hydrogen) atoms. The molecule has 0 spiro atoms. The number of carbonyl (C=O) groups excluding carboxylic acids is 3. The van der Waals surface area contributed by atoms with Gasteiger partial charge in [-0.05, 0) is 44.9 Å². The van der Waals surface area contributed by atoms with Gasteiger partial charge in [0, 0.05) is 23.9 Å². The lowest BCUT2D eigenvalue weighted by atomic mass is 9.76. The van der Waals surface area contributed by atoms with Crippen LogP contribution in [0.5, 0.6) is 0 Å². The van der Waals surface area contributed by atoms with Crippen molar-refractivity contribution in [1.82, 2.24) is 9.88 Å². The highest BCUT2D eigenvalue weighted by Crippen LogP contribution is 2.40. The number of benzene rings is 1. The Kier molecular flexibility index (Phi) is 5.92. The number of imide groups is 1. The van der Waals surface area contributed by atoms with Crippen LogP contribution in [0.25, 0.3) is 11.3 Å². The second kappa shape index (κ2) is 8.29. The third kappa shape index (κ3) is 4.63. The number of esters is 1. The van der Waals surface area contributed by atoms with E-state index in [0.717, 1.165) is 10.5 Å². The number of nitrogens with two attached hydrogens (primary N) is 1. The number of pyridine rings is 1. The second-order valence-corrected chi connectivity index (χ2v) is 8.62. The highest BCUT2D eigenvalue weighted by Gasteiger charge is 2.50. The number of nitrogens with zero attached hydrogens (tertiary/aromatic N) is 2. The molecule has 3 rings (SSSR count). The van der Waals surface area contributed by atoms with Crippen LogP contribution in [0.3, 0.4) is 0 Å². The van der Waals surface area contributed by atoms with Crippen molar-refractivity contribution >= 4 is 24.1 Å². The Hall–Kier alpha value is -3.55. The molecule has 1 saturated heterocycles. The standard InChI is InChI=1S/C23H26N4O4/c1-22(2,3)31-19(29)12-23(10-11-27(14-28)21(23)30)17-7-4-15(5-8-17)18-9-6-16(13-26-18)20(24)25/h4-9,13-14H,10-12H2,1-3H3,(H3,24,25). The second-order valence-electron chi connectivity index (χ2n) is 8.62. The summed E-state index contributed by atoms with van der Waals surface area (Å²) in [6, 6.07) is 10.7. The first-order chi connectivity index (χ1) is 14.6. The Morgan fingerprint density at radius 2 is 1.94 bits per heavy atom. The van der Waals surface area contributed by atoms with Crippen LogP contribution in [-0.4, -0.2) is 46.2 Å².